The number of hydrogen-bond donors (Lipinski definition) is 2. The summed E-state index contributed by atoms with van der Waals surface area (Å²) in [6.45, 7) is 0. The third-order valence-corrected chi connectivity index (χ3v) is 4.94. The number of carbonyl (C=O) groups is 1. The van der Waals surface area contributed by atoms with Gasteiger partial charge in [-0.3, -0.25) is 4.79 Å². The highest BCUT2D eigenvalue weighted by atomic mass is 35.5. The van der Waals surface area contributed by atoms with Crippen molar-refractivity contribution in [2.45, 2.75) is 11.5 Å². The summed E-state index contributed by atoms with van der Waals surface area (Å²) in [5.74, 6) is 0.542. The molecule has 0 aliphatic heterocycles. The van der Waals surface area contributed by atoms with Gasteiger partial charge in [0.15, 0.2) is 0 Å². The number of halogens is 1. The van der Waals surface area contributed by atoms with Crippen LogP contribution in [0.2, 0.25) is 5.02 Å². The Morgan fingerprint density at radius 2 is 1.83 bits per heavy atom. The van der Waals surface area contributed by atoms with Crippen LogP contribution in [-0.2, 0) is 26.3 Å². The average Bonchev–Trinajstić information content (AvgIpc) is 2.45. The van der Waals surface area contributed by atoms with Gasteiger partial charge in [-0.25, -0.2) is 13.6 Å². The van der Waals surface area contributed by atoms with E-state index >= 15 is 0 Å². The molecule has 0 aliphatic rings. The Hall–Kier alpha value is -1.54. The predicted molar refractivity (Wildman–Crippen MR) is 99.5 cm³/mol. The summed E-state index contributed by atoms with van der Waals surface area (Å²) in [6, 6.07) is 14.1. The van der Waals surface area contributed by atoms with Gasteiger partial charge in [0.2, 0.25) is 15.9 Å². The molecule has 0 saturated carbocycles. The molecule has 2 aromatic rings. The topological polar surface area (TPSA) is 89.3 Å². The van der Waals surface area contributed by atoms with Crippen molar-refractivity contribution in [2.75, 3.05) is 11.1 Å². The third-order valence-electron chi connectivity index (χ3n) is 2.97. The first-order valence-corrected chi connectivity index (χ1v) is 10.3. The second-order valence-corrected chi connectivity index (χ2v) is 8.21. The number of sulfonamides is 1. The lowest BCUT2D eigenvalue weighted by Gasteiger charge is -2.07. The fourth-order valence-electron chi connectivity index (χ4n) is 2.06. The van der Waals surface area contributed by atoms with Crippen molar-refractivity contribution in [3.05, 3.63) is 64.7 Å². The molecule has 1 amide bonds. The Morgan fingerprint density at radius 3 is 2.54 bits per heavy atom. The summed E-state index contributed by atoms with van der Waals surface area (Å²) in [6.07, 6.45) is 0. The van der Waals surface area contributed by atoms with Crippen molar-refractivity contribution in [3.63, 3.8) is 0 Å². The van der Waals surface area contributed by atoms with Gasteiger partial charge in [0.05, 0.1) is 11.5 Å². The van der Waals surface area contributed by atoms with Gasteiger partial charge in [-0.05, 0) is 35.4 Å². The SMILES string of the molecule is NS(=O)(=O)Cc1cccc(NC(=O)CSCc2cccc(Cl)c2)c1. The molecule has 0 atom stereocenters. The number of nitrogens with one attached hydrogen (secondary N) is 1. The Bertz CT molecular complexity index is 826. The van der Waals surface area contributed by atoms with E-state index in [1.807, 2.05) is 18.2 Å². The fraction of sp³-hybridized carbons (Fsp3) is 0.188. The standard InChI is InChI=1S/C16H17ClN2O3S2/c17-14-5-1-3-12(7-14)9-23-10-16(20)19-15-6-2-4-13(8-15)11-24(18,21)22/h1-8H,9-11H2,(H,19,20)(H2,18,21,22). The lowest BCUT2D eigenvalue weighted by atomic mass is 10.2. The fourth-order valence-corrected chi connectivity index (χ4v) is 3.69. The average molecular weight is 385 g/mol. The molecule has 0 saturated heterocycles. The number of rotatable bonds is 7. The van der Waals surface area contributed by atoms with Crippen molar-refractivity contribution in [2.24, 2.45) is 5.14 Å². The van der Waals surface area contributed by atoms with Gasteiger partial charge in [-0.15, -0.1) is 11.8 Å². The van der Waals surface area contributed by atoms with Crippen LogP contribution in [0.3, 0.4) is 0 Å². The minimum atomic E-state index is -3.60. The molecule has 0 aliphatic carbocycles. The third kappa shape index (κ3) is 6.92. The van der Waals surface area contributed by atoms with E-state index < -0.39 is 10.0 Å². The summed E-state index contributed by atoms with van der Waals surface area (Å²) in [5.41, 5.74) is 2.13. The van der Waals surface area contributed by atoms with Crippen LogP contribution in [0, 0.1) is 0 Å². The van der Waals surface area contributed by atoms with Crippen molar-refractivity contribution in [3.8, 4) is 0 Å². The van der Waals surface area contributed by atoms with Gasteiger partial charge >= 0.3 is 0 Å². The number of hydrogen-bond acceptors (Lipinski definition) is 4. The van der Waals surface area contributed by atoms with Gasteiger partial charge in [0.25, 0.3) is 0 Å². The maximum atomic E-state index is 12.0. The number of thioether (sulfide) groups is 1. The number of nitrogens with two attached hydrogens (primary N) is 1. The molecule has 0 bridgehead atoms. The summed E-state index contributed by atoms with van der Waals surface area (Å²) in [5, 5.41) is 8.44. The van der Waals surface area contributed by atoms with Crippen LogP contribution in [0.4, 0.5) is 5.69 Å². The Labute approximate surface area is 150 Å². The largest absolute Gasteiger partial charge is 0.325 e. The molecule has 2 rings (SSSR count). The molecule has 128 valence electrons. The Kier molecular flexibility index (Phi) is 6.68. The lowest BCUT2D eigenvalue weighted by Crippen LogP contribution is -2.16. The molecule has 0 aromatic heterocycles. The number of amides is 1. The Balaban J connectivity index is 1.85. The maximum absolute atomic E-state index is 12.0. The zero-order valence-electron chi connectivity index (χ0n) is 12.7. The van der Waals surface area contributed by atoms with Crippen LogP contribution < -0.4 is 10.5 Å². The zero-order chi connectivity index (χ0) is 17.6. The molecule has 2 aromatic carbocycles. The van der Waals surface area contributed by atoms with E-state index in [1.165, 1.54) is 11.8 Å². The van der Waals surface area contributed by atoms with Crippen LogP contribution >= 0.6 is 23.4 Å². The molecule has 3 N–H and O–H groups in total. The van der Waals surface area contributed by atoms with Crippen LogP contribution in [-0.4, -0.2) is 20.1 Å². The second-order valence-electron chi connectivity index (χ2n) is 5.18. The summed E-state index contributed by atoms with van der Waals surface area (Å²) < 4.78 is 22.2. The minimum absolute atomic E-state index is 0.158. The van der Waals surface area contributed by atoms with E-state index in [-0.39, 0.29) is 17.4 Å². The molecular formula is C16H17ClN2O3S2. The van der Waals surface area contributed by atoms with Crippen LogP contribution in [0.1, 0.15) is 11.1 Å². The van der Waals surface area contributed by atoms with Gasteiger partial charge < -0.3 is 5.32 Å². The predicted octanol–water partition coefficient (Wildman–Crippen LogP) is 3.00. The van der Waals surface area contributed by atoms with Crippen LogP contribution in [0.25, 0.3) is 0 Å². The summed E-state index contributed by atoms with van der Waals surface area (Å²) >= 11 is 7.38. The number of carbonyl (C=O) groups excluding carboxylic acids is 1. The molecule has 5 nitrogen and oxygen atoms in total. The first-order chi connectivity index (χ1) is 11.3. The molecule has 0 spiro atoms. The number of anilines is 1. The smallest absolute Gasteiger partial charge is 0.234 e. The van der Waals surface area contributed by atoms with Crippen molar-refractivity contribution in [1.82, 2.24) is 0 Å². The normalized spacial score (nSPS) is 11.2. The first kappa shape index (κ1) is 18.8. The van der Waals surface area contributed by atoms with Gasteiger partial charge in [-0.1, -0.05) is 35.9 Å². The van der Waals surface area contributed by atoms with E-state index in [2.05, 4.69) is 5.32 Å². The van der Waals surface area contributed by atoms with E-state index in [0.29, 0.717) is 22.0 Å². The number of benzene rings is 2. The van der Waals surface area contributed by atoms with Crippen molar-refractivity contribution in [1.29, 1.82) is 0 Å². The zero-order valence-corrected chi connectivity index (χ0v) is 15.1. The quantitative estimate of drug-likeness (QED) is 0.767. The van der Waals surface area contributed by atoms with Crippen LogP contribution in [0.15, 0.2) is 48.5 Å². The van der Waals surface area contributed by atoms with Crippen molar-refractivity contribution >= 4 is 45.0 Å². The van der Waals surface area contributed by atoms with Gasteiger partial charge in [0.1, 0.15) is 0 Å². The van der Waals surface area contributed by atoms with Crippen LogP contribution in [0.5, 0.6) is 0 Å². The van der Waals surface area contributed by atoms with E-state index in [4.69, 9.17) is 16.7 Å². The lowest BCUT2D eigenvalue weighted by molar-refractivity contribution is -0.113. The molecule has 8 heteroatoms. The molecular weight excluding hydrogens is 368 g/mol. The first-order valence-electron chi connectivity index (χ1n) is 7.03. The summed E-state index contributed by atoms with van der Waals surface area (Å²) in [4.78, 5) is 12.0. The summed E-state index contributed by atoms with van der Waals surface area (Å²) in [7, 11) is -3.60. The van der Waals surface area contributed by atoms with E-state index in [1.54, 1.807) is 30.3 Å². The second kappa shape index (κ2) is 8.53. The molecule has 0 radical (unpaired) electrons. The maximum Gasteiger partial charge on any atom is 0.234 e. The van der Waals surface area contributed by atoms with Gasteiger partial charge in [-0.2, -0.15) is 0 Å². The van der Waals surface area contributed by atoms with E-state index in [0.717, 1.165) is 5.56 Å². The molecule has 0 fully saturated rings. The highest BCUT2D eigenvalue weighted by Crippen LogP contribution is 2.17. The van der Waals surface area contributed by atoms with Gasteiger partial charge in [0, 0.05) is 16.5 Å². The molecule has 0 unspecified atom stereocenters. The molecule has 24 heavy (non-hydrogen) atoms. The Morgan fingerprint density at radius 1 is 1.12 bits per heavy atom. The van der Waals surface area contributed by atoms with Crippen molar-refractivity contribution < 1.29 is 13.2 Å². The monoisotopic (exact) mass is 384 g/mol. The minimum Gasteiger partial charge on any atom is -0.325 e. The van der Waals surface area contributed by atoms with E-state index in [9.17, 15) is 13.2 Å². The number of primary sulfonamides is 1. The highest BCUT2D eigenvalue weighted by molar-refractivity contribution is 7.99. The highest BCUT2D eigenvalue weighted by Gasteiger charge is 2.07. The molecule has 0 heterocycles.